The molecule has 0 unspecified atom stereocenters. The number of allylic oxidation sites excluding steroid dienone is 4. The van der Waals surface area contributed by atoms with Gasteiger partial charge in [-0.15, -0.1) is 0 Å². The Labute approximate surface area is 279 Å². The van der Waals surface area contributed by atoms with E-state index in [1.165, 1.54) is 16.7 Å². The van der Waals surface area contributed by atoms with E-state index >= 15 is 0 Å². The van der Waals surface area contributed by atoms with Gasteiger partial charge in [0.05, 0.1) is 0 Å². The highest BCUT2D eigenvalue weighted by molar-refractivity contribution is 5.79. The van der Waals surface area contributed by atoms with Crippen molar-refractivity contribution in [2.24, 2.45) is 0 Å². The highest BCUT2D eigenvalue weighted by Crippen LogP contribution is 2.35. The van der Waals surface area contributed by atoms with Gasteiger partial charge in [0.15, 0.2) is 0 Å². The van der Waals surface area contributed by atoms with E-state index in [9.17, 15) is 0 Å². The maximum atomic E-state index is 2.30. The monoisotopic (exact) mass is 603 g/mol. The van der Waals surface area contributed by atoms with E-state index < -0.39 is 0 Å². The third-order valence-corrected chi connectivity index (χ3v) is 7.70. The minimum Gasteiger partial charge on any atom is -0.311 e. The number of hydrogen-bond donors (Lipinski definition) is 0. The van der Waals surface area contributed by atoms with E-state index in [1.54, 1.807) is 0 Å². The van der Waals surface area contributed by atoms with Gasteiger partial charge < -0.3 is 4.90 Å². The lowest BCUT2D eigenvalue weighted by atomic mass is 10.1. The number of anilines is 3. The maximum absolute atomic E-state index is 2.30. The highest BCUT2D eigenvalue weighted by atomic mass is 15.1. The molecule has 6 aromatic rings. The number of hydrogen-bond acceptors (Lipinski definition) is 1. The van der Waals surface area contributed by atoms with Crippen molar-refractivity contribution in [3.63, 3.8) is 0 Å². The molecule has 226 valence electrons. The summed E-state index contributed by atoms with van der Waals surface area (Å²) in [5, 5.41) is 0. The molecule has 0 atom stereocenters. The third-order valence-electron chi connectivity index (χ3n) is 7.70. The average Bonchev–Trinajstić information content (AvgIpc) is 3.14. The summed E-state index contributed by atoms with van der Waals surface area (Å²) in [5.41, 5.74) is 10.3. The number of benzene rings is 6. The van der Waals surface area contributed by atoms with Crippen LogP contribution in [0.5, 0.6) is 0 Å². The Hall–Kier alpha value is -6.18. The van der Waals surface area contributed by atoms with Crippen LogP contribution in [0, 0.1) is 0 Å². The Balaban J connectivity index is 1.22. The second-order valence-electron chi connectivity index (χ2n) is 11.1. The summed E-state index contributed by atoms with van der Waals surface area (Å²) in [7, 11) is 0. The van der Waals surface area contributed by atoms with Crippen molar-refractivity contribution in [3.05, 3.63) is 221 Å². The van der Waals surface area contributed by atoms with Gasteiger partial charge in [0, 0.05) is 17.1 Å². The molecule has 0 amide bonds. The summed E-state index contributed by atoms with van der Waals surface area (Å²) < 4.78 is 0. The van der Waals surface area contributed by atoms with Gasteiger partial charge in [-0.2, -0.15) is 0 Å². The van der Waals surface area contributed by atoms with Crippen LogP contribution in [-0.2, 0) is 0 Å². The predicted octanol–water partition coefficient (Wildman–Crippen LogP) is 12.8. The second kappa shape index (κ2) is 16.2. The Bertz CT molecular complexity index is 1860. The molecule has 0 bridgehead atoms. The van der Waals surface area contributed by atoms with E-state index in [0.29, 0.717) is 0 Å². The van der Waals surface area contributed by atoms with Crippen LogP contribution in [0.15, 0.2) is 188 Å². The molecule has 0 N–H and O–H groups in total. The molecular formula is C46H37N. The Kier molecular flexibility index (Phi) is 10.6. The molecule has 6 rings (SSSR count). The topological polar surface area (TPSA) is 3.24 Å². The summed E-state index contributed by atoms with van der Waals surface area (Å²) in [6.45, 7) is 0. The molecule has 0 heterocycles. The average molecular weight is 604 g/mol. The van der Waals surface area contributed by atoms with Crippen LogP contribution in [0.25, 0.3) is 36.5 Å². The zero-order valence-electron chi connectivity index (χ0n) is 26.3. The van der Waals surface area contributed by atoms with Crippen LogP contribution >= 0.6 is 0 Å². The SMILES string of the molecule is C(/C=C/c1ccc(N(c2ccc(/C=C/C=C/c3ccccc3)cc2)c2ccc(/C=C/c3ccccc3)cc2)cc1)=C\c1ccccc1. The van der Waals surface area contributed by atoms with Crippen molar-refractivity contribution < 1.29 is 0 Å². The molecule has 0 spiro atoms. The molecule has 0 fully saturated rings. The van der Waals surface area contributed by atoms with Crippen molar-refractivity contribution in [2.75, 3.05) is 4.90 Å². The fraction of sp³-hybridized carbons (Fsp3) is 0. The van der Waals surface area contributed by atoms with Crippen molar-refractivity contribution >= 4 is 53.5 Å². The molecule has 0 aliphatic carbocycles. The van der Waals surface area contributed by atoms with Gasteiger partial charge in [-0.05, 0) is 69.8 Å². The van der Waals surface area contributed by atoms with Gasteiger partial charge in [0.2, 0.25) is 0 Å². The van der Waals surface area contributed by atoms with E-state index in [4.69, 9.17) is 0 Å². The van der Waals surface area contributed by atoms with Crippen LogP contribution in [0.1, 0.15) is 33.4 Å². The fourth-order valence-electron chi connectivity index (χ4n) is 5.20. The molecule has 0 aromatic heterocycles. The second-order valence-corrected chi connectivity index (χ2v) is 11.1. The van der Waals surface area contributed by atoms with Crippen molar-refractivity contribution in [2.45, 2.75) is 0 Å². The molecule has 47 heavy (non-hydrogen) atoms. The summed E-state index contributed by atoms with van der Waals surface area (Å²) in [6.07, 6.45) is 21.1. The molecular weight excluding hydrogens is 567 g/mol. The van der Waals surface area contributed by atoms with Gasteiger partial charge in [-0.1, -0.05) is 188 Å². The minimum absolute atomic E-state index is 1.10. The Morgan fingerprint density at radius 1 is 0.234 bits per heavy atom. The van der Waals surface area contributed by atoms with Gasteiger partial charge >= 0.3 is 0 Å². The van der Waals surface area contributed by atoms with E-state index in [1.807, 2.05) is 18.2 Å². The Morgan fingerprint density at radius 3 is 0.766 bits per heavy atom. The summed E-state index contributed by atoms with van der Waals surface area (Å²) in [5.74, 6) is 0. The quantitative estimate of drug-likeness (QED) is 0.105. The molecule has 6 aromatic carbocycles. The van der Waals surface area contributed by atoms with Crippen LogP contribution < -0.4 is 4.90 Å². The van der Waals surface area contributed by atoms with E-state index in [0.717, 1.165) is 33.8 Å². The lowest BCUT2D eigenvalue weighted by Crippen LogP contribution is -2.09. The first-order chi connectivity index (χ1) is 23.3. The van der Waals surface area contributed by atoms with Gasteiger partial charge in [-0.25, -0.2) is 0 Å². The first-order valence-electron chi connectivity index (χ1n) is 15.9. The summed E-state index contributed by atoms with van der Waals surface area (Å²) in [4.78, 5) is 2.30. The van der Waals surface area contributed by atoms with Crippen molar-refractivity contribution in [1.82, 2.24) is 0 Å². The molecule has 0 radical (unpaired) electrons. The standard InChI is InChI=1S/C46H37N/c1-4-14-38(15-5-1)20-10-12-22-41-26-32-44(33-27-41)47(46-36-30-43(31-37-46)25-24-40-18-8-3-9-19-40)45-34-28-42(29-35-45)23-13-11-21-39-16-6-2-7-17-39/h1-37H/b20-10+,21-11+,22-12+,23-13+,25-24+. The largest absolute Gasteiger partial charge is 0.311 e. The predicted molar refractivity (Wildman–Crippen MR) is 206 cm³/mol. The van der Waals surface area contributed by atoms with Crippen LogP contribution in [0.2, 0.25) is 0 Å². The third kappa shape index (κ3) is 9.17. The summed E-state index contributed by atoms with van der Waals surface area (Å²) >= 11 is 0. The van der Waals surface area contributed by atoms with Gasteiger partial charge in [0.1, 0.15) is 0 Å². The van der Waals surface area contributed by atoms with Crippen LogP contribution in [-0.4, -0.2) is 0 Å². The number of rotatable bonds is 11. The maximum Gasteiger partial charge on any atom is 0.0462 e. The minimum atomic E-state index is 1.10. The first-order valence-corrected chi connectivity index (χ1v) is 15.9. The van der Waals surface area contributed by atoms with Crippen molar-refractivity contribution in [3.8, 4) is 0 Å². The molecule has 0 aliphatic heterocycles. The zero-order valence-corrected chi connectivity index (χ0v) is 26.3. The van der Waals surface area contributed by atoms with Crippen LogP contribution in [0.3, 0.4) is 0 Å². The summed E-state index contributed by atoms with van der Waals surface area (Å²) in [6, 6.07) is 57.2. The first kappa shape index (κ1) is 30.8. The lowest BCUT2D eigenvalue weighted by molar-refractivity contribution is 1.28. The van der Waals surface area contributed by atoms with E-state index in [-0.39, 0.29) is 0 Å². The molecule has 0 saturated heterocycles. The van der Waals surface area contributed by atoms with E-state index in [2.05, 4.69) is 211 Å². The van der Waals surface area contributed by atoms with Crippen molar-refractivity contribution in [1.29, 1.82) is 0 Å². The van der Waals surface area contributed by atoms with Gasteiger partial charge in [-0.3, -0.25) is 0 Å². The van der Waals surface area contributed by atoms with Crippen LogP contribution in [0.4, 0.5) is 17.1 Å². The smallest absolute Gasteiger partial charge is 0.0462 e. The molecule has 0 aliphatic rings. The fourth-order valence-corrected chi connectivity index (χ4v) is 5.20. The number of nitrogens with zero attached hydrogens (tertiary/aromatic N) is 1. The molecule has 1 nitrogen and oxygen atoms in total. The van der Waals surface area contributed by atoms with Gasteiger partial charge in [0.25, 0.3) is 0 Å². The Morgan fingerprint density at radius 2 is 0.468 bits per heavy atom. The lowest BCUT2D eigenvalue weighted by Gasteiger charge is -2.26. The molecule has 0 saturated carbocycles. The normalized spacial score (nSPS) is 11.8. The zero-order chi connectivity index (χ0) is 31.9. The highest BCUT2D eigenvalue weighted by Gasteiger charge is 2.12. The molecule has 1 heteroatoms.